The van der Waals surface area contributed by atoms with E-state index in [-0.39, 0.29) is 30.0 Å². The third-order valence-electron chi connectivity index (χ3n) is 5.87. The summed E-state index contributed by atoms with van der Waals surface area (Å²) in [6, 6.07) is 17.4. The zero-order chi connectivity index (χ0) is 24.0. The minimum Gasteiger partial charge on any atom is -0.394 e. The third-order valence-corrected chi connectivity index (χ3v) is 5.87. The molecular formula is C26H29N3O4. The molecule has 3 aromatic rings. The van der Waals surface area contributed by atoms with Crippen LogP contribution in [0, 0.1) is 11.8 Å². The van der Waals surface area contributed by atoms with Gasteiger partial charge in [-0.3, -0.25) is 9.59 Å². The zero-order valence-corrected chi connectivity index (χ0v) is 19.1. The first-order valence-electron chi connectivity index (χ1n) is 10.9. The molecule has 0 fully saturated rings. The molecule has 2 N–H and O–H groups in total. The van der Waals surface area contributed by atoms with E-state index in [2.05, 4.69) is 10.5 Å². The van der Waals surface area contributed by atoms with Crippen molar-refractivity contribution < 1.29 is 9.90 Å². The highest BCUT2D eigenvalue weighted by Gasteiger charge is 2.24. The lowest BCUT2D eigenvalue weighted by atomic mass is 9.82. The third kappa shape index (κ3) is 5.81. The quantitative estimate of drug-likeness (QED) is 0.487. The number of rotatable bonds is 9. The Bertz CT molecular complexity index is 1170. The molecule has 3 rings (SSSR count). The van der Waals surface area contributed by atoms with Gasteiger partial charge in [0.2, 0.25) is 5.56 Å². The number of aryl methyl sites for hydroxylation is 2. The molecule has 1 heterocycles. The van der Waals surface area contributed by atoms with Gasteiger partial charge in [0.15, 0.2) is 0 Å². The molecule has 0 bridgehead atoms. The van der Waals surface area contributed by atoms with Gasteiger partial charge < -0.3 is 15.0 Å². The average molecular weight is 448 g/mol. The van der Waals surface area contributed by atoms with E-state index in [4.69, 9.17) is 5.11 Å². The van der Waals surface area contributed by atoms with Gasteiger partial charge in [-0.15, -0.1) is 0 Å². The maximum atomic E-state index is 12.4. The van der Waals surface area contributed by atoms with Crippen molar-refractivity contribution in [3.05, 3.63) is 110 Å². The van der Waals surface area contributed by atoms with Crippen LogP contribution in [0.25, 0.3) is 0 Å². The highest BCUT2D eigenvalue weighted by Crippen LogP contribution is 2.37. The average Bonchev–Trinajstić information content (AvgIpc) is 2.82. The number of amides is 1. The summed E-state index contributed by atoms with van der Waals surface area (Å²) < 4.78 is 1.44. The lowest BCUT2D eigenvalue weighted by Gasteiger charge is -2.23. The fraction of sp³-hybridized carbons (Fsp3) is 0.308. The van der Waals surface area contributed by atoms with Crippen LogP contribution >= 0.6 is 0 Å². The first-order chi connectivity index (χ1) is 15.8. The summed E-state index contributed by atoms with van der Waals surface area (Å²) in [6.45, 7) is 3.62. The van der Waals surface area contributed by atoms with E-state index in [1.54, 1.807) is 38.4 Å². The van der Waals surface area contributed by atoms with Crippen molar-refractivity contribution in [2.75, 3.05) is 6.61 Å². The van der Waals surface area contributed by atoms with Crippen molar-refractivity contribution in [2.45, 2.75) is 38.3 Å². The van der Waals surface area contributed by atoms with Crippen molar-refractivity contribution in [3.63, 3.8) is 0 Å². The van der Waals surface area contributed by atoms with Crippen molar-refractivity contribution >= 4 is 5.91 Å². The SMILES string of the molecule is Cc1ccccc1C(CC(N=O)c1ccc(=O)n(C)c1)c1ccc(C(=O)N[C@@H](C)CO)cc1. The Hall–Kier alpha value is -3.58. The Labute approximate surface area is 193 Å². The van der Waals surface area contributed by atoms with Crippen LogP contribution in [0.5, 0.6) is 0 Å². The Morgan fingerprint density at radius 3 is 2.33 bits per heavy atom. The number of carbonyl (C=O) groups is 1. The molecule has 172 valence electrons. The van der Waals surface area contributed by atoms with E-state index in [9.17, 15) is 14.5 Å². The molecule has 0 aliphatic carbocycles. The first-order valence-corrected chi connectivity index (χ1v) is 10.9. The van der Waals surface area contributed by atoms with Gasteiger partial charge in [0.05, 0.1) is 6.61 Å². The number of benzene rings is 2. The monoisotopic (exact) mass is 447 g/mol. The van der Waals surface area contributed by atoms with Crippen LogP contribution in [0.4, 0.5) is 0 Å². The lowest BCUT2D eigenvalue weighted by Crippen LogP contribution is -2.34. The molecule has 1 aromatic heterocycles. The molecule has 0 aliphatic rings. The normalized spacial score (nSPS) is 13.7. The van der Waals surface area contributed by atoms with Crippen LogP contribution in [0.3, 0.4) is 0 Å². The molecule has 3 atom stereocenters. The molecule has 0 saturated heterocycles. The van der Waals surface area contributed by atoms with E-state index in [0.717, 1.165) is 16.7 Å². The van der Waals surface area contributed by atoms with E-state index < -0.39 is 6.04 Å². The van der Waals surface area contributed by atoms with Crippen molar-refractivity contribution in [1.29, 1.82) is 0 Å². The number of aliphatic hydroxyl groups is 1. The summed E-state index contributed by atoms with van der Waals surface area (Å²) in [6.07, 6.45) is 2.07. The second-order valence-corrected chi connectivity index (χ2v) is 8.36. The maximum absolute atomic E-state index is 12.4. The fourth-order valence-corrected chi connectivity index (χ4v) is 3.92. The smallest absolute Gasteiger partial charge is 0.251 e. The molecule has 0 aliphatic heterocycles. The fourth-order valence-electron chi connectivity index (χ4n) is 3.92. The first kappa shape index (κ1) is 24.1. The number of hydrogen-bond acceptors (Lipinski definition) is 5. The molecule has 0 spiro atoms. The topological polar surface area (TPSA) is 101 Å². The molecule has 1 amide bonds. The Morgan fingerprint density at radius 2 is 1.73 bits per heavy atom. The lowest BCUT2D eigenvalue weighted by molar-refractivity contribution is 0.0922. The Kier molecular flexibility index (Phi) is 7.90. The molecule has 7 heteroatoms. The van der Waals surface area contributed by atoms with Gasteiger partial charge in [-0.1, -0.05) is 41.6 Å². The number of hydrogen-bond donors (Lipinski definition) is 2. The van der Waals surface area contributed by atoms with Gasteiger partial charge in [0.25, 0.3) is 5.91 Å². The highest BCUT2D eigenvalue weighted by atomic mass is 16.3. The summed E-state index contributed by atoms with van der Waals surface area (Å²) in [5, 5.41) is 15.3. The zero-order valence-electron chi connectivity index (χ0n) is 19.1. The second-order valence-electron chi connectivity index (χ2n) is 8.36. The van der Waals surface area contributed by atoms with E-state index in [1.165, 1.54) is 10.6 Å². The Morgan fingerprint density at radius 1 is 1.06 bits per heavy atom. The van der Waals surface area contributed by atoms with Crippen LogP contribution in [0.2, 0.25) is 0 Å². The minimum absolute atomic E-state index is 0.135. The molecule has 0 saturated carbocycles. The Balaban J connectivity index is 1.96. The largest absolute Gasteiger partial charge is 0.394 e. The number of pyridine rings is 1. The summed E-state index contributed by atoms with van der Waals surface area (Å²) in [7, 11) is 1.65. The summed E-state index contributed by atoms with van der Waals surface area (Å²) >= 11 is 0. The van der Waals surface area contributed by atoms with Gasteiger partial charge in [-0.2, -0.15) is 4.91 Å². The van der Waals surface area contributed by atoms with Gasteiger partial charge in [-0.25, -0.2) is 0 Å². The van der Waals surface area contributed by atoms with Gasteiger partial charge >= 0.3 is 0 Å². The molecule has 7 nitrogen and oxygen atoms in total. The predicted octanol–water partition coefficient (Wildman–Crippen LogP) is 3.83. The van der Waals surface area contributed by atoms with Crippen molar-refractivity contribution in [2.24, 2.45) is 12.2 Å². The van der Waals surface area contributed by atoms with E-state index in [1.807, 2.05) is 43.3 Å². The number of aromatic nitrogens is 1. The highest BCUT2D eigenvalue weighted by molar-refractivity contribution is 5.94. The van der Waals surface area contributed by atoms with Crippen LogP contribution in [-0.2, 0) is 7.05 Å². The van der Waals surface area contributed by atoms with Crippen LogP contribution in [0.15, 0.2) is 76.8 Å². The number of nitrogens with zero attached hydrogens (tertiary/aromatic N) is 2. The van der Waals surface area contributed by atoms with Gasteiger partial charge in [0.1, 0.15) is 6.04 Å². The molecule has 0 radical (unpaired) electrons. The van der Waals surface area contributed by atoms with Crippen LogP contribution in [-0.4, -0.2) is 28.2 Å². The molecule has 2 unspecified atom stereocenters. The molecular weight excluding hydrogens is 418 g/mol. The number of carbonyl (C=O) groups excluding carboxylic acids is 1. The van der Waals surface area contributed by atoms with Gasteiger partial charge in [-0.05, 0) is 60.7 Å². The maximum Gasteiger partial charge on any atom is 0.251 e. The summed E-state index contributed by atoms with van der Waals surface area (Å²) in [5.41, 5.74) is 4.14. The van der Waals surface area contributed by atoms with Crippen molar-refractivity contribution in [1.82, 2.24) is 9.88 Å². The second kappa shape index (κ2) is 10.8. The van der Waals surface area contributed by atoms with E-state index in [0.29, 0.717) is 17.5 Å². The molecule has 2 aromatic carbocycles. The standard InChI is InChI=1S/C26H29N3O4/c1-17-6-4-5-7-22(17)23(14-24(28-33)21-12-13-25(31)29(3)15-21)19-8-10-20(11-9-19)26(32)27-18(2)16-30/h4-13,15,18,23-24,30H,14,16H2,1-3H3,(H,27,32)/t18-,23?,24?/m0/s1. The van der Waals surface area contributed by atoms with Crippen LogP contribution in [0.1, 0.15) is 57.9 Å². The summed E-state index contributed by atoms with van der Waals surface area (Å²) in [4.78, 5) is 36.0. The van der Waals surface area contributed by atoms with Crippen LogP contribution < -0.4 is 10.9 Å². The van der Waals surface area contributed by atoms with E-state index >= 15 is 0 Å². The number of aliphatic hydroxyl groups excluding tert-OH is 1. The predicted molar refractivity (Wildman–Crippen MR) is 128 cm³/mol. The minimum atomic E-state index is -0.644. The summed E-state index contributed by atoms with van der Waals surface area (Å²) in [5.74, 6) is -0.396. The van der Waals surface area contributed by atoms with Crippen molar-refractivity contribution in [3.8, 4) is 0 Å². The number of nitrogens with one attached hydrogen (secondary N) is 1. The molecule has 33 heavy (non-hydrogen) atoms. The number of nitroso groups, excluding NO2 is 1. The van der Waals surface area contributed by atoms with Gasteiger partial charge in [0, 0.05) is 36.8 Å².